The van der Waals surface area contributed by atoms with Crippen molar-refractivity contribution in [3.8, 4) is 11.5 Å². The Labute approximate surface area is 145 Å². The number of thioether (sulfide) groups is 1. The Morgan fingerprint density at radius 3 is 2.72 bits per heavy atom. The second-order valence-corrected chi connectivity index (χ2v) is 6.08. The number of nitrogens with one attached hydrogen (secondary N) is 2. The summed E-state index contributed by atoms with van der Waals surface area (Å²) in [7, 11) is 0. The molecule has 0 spiro atoms. The van der Waals surface area contributed by atoms with Crippen molar-refractivity contribution in [1.29, 1.82) is 0 Å². The van der Waals surface area contributed by atoms with Crippen molar-refractivity contribution in [3.05, 3.63) is 34.1 Å². The third-order valence-corrected chi connectivity index (χ3v) is 4.12. The summed E-state index contributed by atoms with van der Waals surface area (Å²) >= 11 is 1.02. The van der Waals surface area contributed by atoms with Gasteiger partial charge >= 0.3 is 0 Å². The summed E-state index contributed by atoms with van der Waals surface area (Å²) in [6.07, 6.45) is 0. The van der Waals surface area contributed by atoms with Crippen LogP contribution in [0.25, 0.3) is 0 Å². The van der Waals surface area contributed by atoms with E-state index < -0.39 is 5.56 Å². The summed E-state index contributed by atoms with van der Waals surface area (Å²) in [4.78, 5) is 41.7. The molecular weight excluding hydrogens is 348 g/mol. The molecule has 130 valence electrons. The summed E-state index contributed by atoms with van der Waals surface area (Å²) in [5.74, 6) is 0.354. The molecule has 1 aromatic carbocycles. The number of carbonyl (C=O) groups is 2. The normalized spacial score (nSPS) is 12.0. The Kier molecular flexibility index (Phi) is 4.61. The van der Waals surface area contributed by atoms with Gasteiger partial charge in [-0.2, -0.15) is 0 Å². The number of ether oxygens (including phenoxy) is 2. The number of nitrogens with two attached hydrogens (primary N) is 1. The molecule has 0 bridgehead atoms. The number of carbonyl (C=O) groups excluding carboxylic acids is 2. The lowest BCUT2D eigenvalue weighted by Gasteiger charge is -2.10. The quantitative estimate of drug-likeness (QED) is 0.407. The highest BCUT2D eigenvalue weighted by Gasteiger charge is 2.20. The Balaban J connectivity index is 1.72. The van der Waals surface area contributed by atoms with E-state index in [4.69, 9.17) is 15.2 Å². The monoisotopic (exact) mass is 362 g/mol. The summed E-state index contributed by atoms with van der Waals surface area (Å²) in [6, 6.07) is 4.22. The predicted octanol–water partition coefficient (Wildman–Crippen LogP) is 1.01. The fourth-order valence-corrected chi connectivity index (χ4v) is 2.86. The van der Waals surface area contributed by atoms with E-state index in [1.807, 2.05) is 0 Å². The zero-order valence-corrected chi connectivity index (χ0v) is 13.9. The van der Waals surface area contributed by atoms with E-state index in [1.165, 1.54) is 13.0 Å². The minimum atomic E-state index is -0.398. The van der Waals surface area contributed by atoms with Gasteiger partial charge in [0.15, 0.2) is 22.4 Å². The summed E-state index contributed by atoms with van der Waals surface area (Å²) in [6.45, 7) is 1.46. The van der Waals surface area contributed by atoms with Crippen molar-refractivity contribution in [2.24, 2.45) is 0 Å². The number of hydrogen-bond donors (Lipinski definition) is 3. The molecule has 0 fully saturated rings. The number of aromatic nitrogens is 2. The summed E-state index contributed by atoms with van der Waals surface area (Å²) in [5, 5.41) is 2.89. The maximum absolute atomic E-state index is 12.2. The summed E-state index contributed by atoms with van der Waals surface area (Å²) in [5.41, 5.74) is 5.74. The fraction of sp³-hybridized carbons (Fsp3) is 0.200. The van der Waals surface area contributed by atoms with Gasteiger partial charge in [0.1, 0.15) is 5.82 Å². The van der Waals surface area contributed by atoms with Crippen LogP contribution in [0.1, 0.15) is 17.3 Å². The van der Waals surface area contributed by atoms with Gasteiger partial charge in [-0.05, 0) is 13.0 Å². The number of aromatic amines is 1. The van der Waals surface area contributed by atoms with E-state index in [2.05, 4.69) is 15.3 Å². The Hall–Kier alpha value is -3.01. The topological polar surface area (TPSA) is 136 Å². The first kappa shape index (κ1) is 16.8. The number of H-pyrrole nitrogens is 1. The number of benzene rings is 1. The molecule has 0 saturated heterocycles. The van der Waals surface area contributed by atoms with Gasteiger partial charge < -0.3 is 25.5 Å². The highest BCUT2D eigenvalue weighted by atomic mass is 32.2. The molecule has 0 saturated carbocycles. The number of Topliss-reactive ketones (excluding diaryl/α,β-unsaturated/α-hetero) is 1. The van der Waals surface area contributed by atoms with E-state index in [0.717, 1.165) is 17.8 Å². The second kappa shape index (κ2) is 6.85. The molecule has 1 aliphatic heterocycles. The lowest BCUT2D eigenvalue weighted by Crippen LogP contribution is -2.17. The van der Waals surface area contributed by atoms with E-state index in [9.17, 15) is 14.4 Å². The number of nitrogens with zero attached hydrogens (tertiary/aromatic N) is 1. The maximum Gasteiger partial charge on any atom is 0.253 e. The minimum Gasteiger partial charge on any atom is -0.454 e. The van der Waals surface area contributed by atoms with Crippen LogP contribution >= 0.6 is 11.8 Å². The van der Waals surface area contributed by atoms with Gasteiger partial charge in [-0.25, -0.2) is 4.98 Å². The van der Waals surface area contributed by atoms with E-state index in [0.29, 0.717) is 22.7 Å². The van der Waals surface area contributed by atoms with Crippen LogP contribution in [0.15, 0.2) is 28.2 Å². The molecular formula is C15H14N4O5S. The van der Waals surface area contributed by atoms with Crippen LogP contribution in [0.5, 0.6) is 11.5 Å². The van der Waals surface area contributed by atoms with Crippen molar-refractivity contribution in [2.45, 2.75) is 12.1 Å². The van der Waals surface area contributed by atoms with Crippen LogP contribution in [0, 0.1) is 0 Å². The fourth-order valence-electron chi connectivity index (χ4n) is 2.18. The molecule has 25 heavy (non-hydrogen) atoms. The molecule has 3 rings (SSSR count). The maximum atomic E-state index is 12.2. The van der Waals surface area contributed by atoms with Gasteiger partial charge in [0.2, 0.25) is 12.7 Å². The largest absolute Gasteiger partial charge is 0.454 e. The molecule has 1 aromatic heterocycles. The highest BCUT2D eigenvalue weighted by Crippen LogP contribution is 2.37. The van der Waals surface area contributed by atoms with Gasteiger partial charge in [0, 0.05) is 17.7 Å². The molecule has 2 heterocycles. The molecule has 0 atom stereocenters. The standard InChI is InChI=1S/C15H14N4O5S/c1-7(20)8-2-10-11(24-6-23-10)3-9(8)17-14(22)5-25-15-18-12(16)4-13(21)19-15/h2-4H,5-6H2,1H3,(H,17,22)(H3,16,18,19,21). The molecule has 9 nitrogen and oxygen atoms in total. The lowest BCUT2D eigenvalue weighted by molar-refractivity contribution is -0.113. The zero-order chi connectivity index (χ0) is 18.0. The molecule has 10 heteroatoms. The van der Waals surface area contributed by atoms with Crippen molar-refractivity contribution in [1.82, 2.24) is 9.97 Å². The van der Waals surface area contributed by atoms with Crippen molar-refractivity contribution < 1.29 is 19.1 Å². The molecule has 0 unspecified atom stereocenters. The van der Waals surface area contributed by atoms with Crippen LogP contribution in [0.3, 0.4) is 0 Å². The number of anilines is 2. The second-order valence-electron chi connectivity index (χ2n) is 5.12. The Morgan fingerprint density at radius 1 is 1.32 bits per heavy atom. The third kappa shape index (κ3) is 3.91. The molecule has 4 N–H and O–H groups in total. The van der Waals surface area contributed by atoms with Crippen LogP contribution in [0.4, 0.5) is 11.5 Å². The molecule has 1 aliphatic rings. The molecule has 0 aliphatic carbocycles. The lowest BCUT2D eigenvalue weighted by atomic mass is 10.1. The highest BCUT2D eigenvalue weighted by molar-refractivity contribution is 7.99. The van der Waals surface area contributed by atoms with Crippen LogP contribution in [-0.4, -0.2) is 34.2 Å². The Morgan fingerprint density at radius 2 is 2.04 bits per heavy atom. The molecule has 0 radical (unpaired) electrons. The Bertz CT molecular complexity index is 911. The van der Waals surface area contributed by atoms with Crippen molar-refractivity contribution >= 4 is 35.0 Å². The first-order valence-corrected chi connectivity index (χ1v) is 8.15. The smallest absolute Gasteiger partial charge is 0.253 e. The molecule has 1 amide bonds. The van der Waals surface area contributed by atoms with Gasteiger partial charge in [-0.15, -0.1) is 0 Å². The number of hydrogen-bond acceptors (Lipinski definition) is 8. The summed E-state index contributed by atoms with van der Waals surface area (Å²) < 4.78 is 10.5. The molecule has 2 aromatic rings. The zero-order valence-electron chi connectivity index (χ0n) is 13.1. The van der Waals surface area contributed by atoms with Gasteiger partial charge in [0.05, 0.1) is 11.4 Å². The first-order valence-electron chi connectivity index (χ1n) is 7.16. The van der Waals surface area contributed by atoms with E-state index in [1.54, 1.807) is 6.07 Å². The van der Waals surface area contributed by atoms with Crippen LogP contribution < -0.4 is 26.1 Å². The first-order chi connectivity index (χ1) is 11.9. The number of nitrogen functional groups attached to an aromatic ring is 1. The average molecular weight is 362 g/mol. The predicted molar refractivity (Wildman–Crippen MR) is 91.2 cm³/mol. The van der Waals surface area contributed by atoms with Crippen LogP contribution in [-0.2, 0) is 4.79 Å². The number of rotatable bonds is 5. The number of amides is 1. The third-order valence-electron chi connectivity index (χ3n) is 3.25. The minimum absolute atomic E-state index is 0.0296. The van der Waals surface area contributed by atoms with Crippen LogP contribution in [0.2, 0.25) is 0 Å². The SMILES string of the molecule is CC(=O)c1cc2c(cc1NC(=O)CSc1nc(N)cc(=O)[nH]1)OCO2. The van der Waals surface area contributed by atoms with Crippen molar-refractivity contribution in [2.75, 3.05) is 23.6 Å². The van der Waals surface area contributed by atoms with Crippen molar-refractivity contribution in [3.63, 3.8) is 0 Å². The number of fused-ring (bicyclic) bond motifs is 1. The number of ketones is 1. The average Bonchev–Trinajstić information content (AvgIpc) is 2.98. The van der Waals surface area contributed by atoms with Gasteiger partial charge in [0.25, 0.3) is 5.56 Å². The van der Waals surface area contributed by atoms with Gasteiger partial charge in [-0.1, -0.05) is 11.8 Å². The van der Waals surface area contributed by atoms with Gasteiger partial charge in [-0.3, -0.25) is 14.4 Å². The van der Waals surface area contributed by atoms with E-state index in [-0.39, 0.29) is 35.2 Å². The van der Waals surface area contributed by atoms with E-state index >= 15 is 0 Å².